The summed E-state index contributed by atoms with van der Waals surface area (Å²) in [4.78, 5) is 6.97. The minimum absolute atomic E-state index is 0.222. The van der Waals surface area contributed by atoms with Gasteiger partial charge in [-0.1, -0.05) is 22.8 Å². The summed E-state index contributed by atoms with van der Waals surface area (Å²) in [7, 11) is 0. The predicted octanol–water partition coefficient (Wildman–Crippen LogP) is 4.79. The van der Waals surface area contributed by atoms with E-state index in [1.54, 1.807) is 0 Å². The zero-order valence-electron chi connectivity index (χ0n) is 11.5. The second kappa shape index (κ2) is 6.44. The number of hydrogen-bond donors (Lipinski definition) is 0. The molecule has 0 aliphatic carbocycles. The van der Waals surface area contributed by atoms with Crippen LogP contribution in [0.2, 0.25) is 5.15 Å². The summed E-state index contributed by atoms with van der Waals surface area (Å²) in [5.74, 6) is -2.99. The lowest BCUT2D eigenvalue weighted by atomic mass is 10.1. The van der Waals surface area contributed by atoms with Gasteiger partial charge >= 0.3 is 0 Å². The molecule has 1 aromatic carbocycles. The Balaban J connectivity index is 2.06. The lowest BCUT2D eigenvalue weighted by Gasteiger charge is -2.09. The number of rotatable bonds is 4. The maximum atomic E-state index is 14.1. The molecule has 2 aromatic heterocycles. The van der Waals surface area contributed by atoms with E-state index < -0.39 is 34.8 Å². The van der Waals surface area contributed by atoms with Crippen molar-refractivity contribution in [3.63, 3.8) is 0 Å². The van der Waals surface area contributed by atoms with Crippen LogP contribution in [0.3, 0.4) is 0 Å². The summed E-state index contributed by atoms with van der Waals surface area (Å²) in [6, 6.07) is 4.47. The highest BCUT2D eigenvalue weighted by molar-refractivity contribution is 6.29. The Bertz CT molecular complexity index is 888. The second-order valence-corrected chi connectivity index (χ2v) is 4.77. The highest BCUT2D eigenvalue weighted by atomic mass is 35.5. The van der Waals surface area contributed by atoms with E-state index in [-0.39, 0.29) is 17.1 Å². The second-order valence-electron chi connectivity index (χ2n) is 4.42. The summed E-state index contributed by atoms with van der Waals surface area (Å²) in [6.45, 7) is 0. The molecule has 0 aliphatic rings. The van der Waals surface area contributed by atoms with E-state index in [2.05, 4.69) is 15.1 Å². The van der Waals surface area contributed by atoms with Crippen LogP contribution < -0.4 is 4.74 Å². The van der Waals surface area contributed by atoms with Crippen molar-refractivity contribution in [1.82, 2.24) is 15.1 Å². The number of nitrogens with zero attached hydrogens (tertiary/aromatic N) is 3. The lowest BCUT2D eigenvalue weighted by Crippen LogP contribution is -1.97. The first-order valence-electron chi connectivity index (χ1n) is 6.35. The van der Waals surface area contributed by atoms with Gasteiger partial charge in [0.15, 0.2) is 10.9 Å². The molecule has 0 bridgehead atoms. The fourth-order valence-electron chi connectivity index (χ4n) is 1.85. The van der Waals surface area contributed by atoms with Crippen LogP contribution in [-0.2, 0) is 0 Å². The third kappa shape index (κ3) is 3.02. The van der Waals surface area contributed by atoms with E-state index in [0.29, 0.717) is 0 Å². The van der Waals surface area contributed by atoms with E-state index in [1.165, 1.54) is 12.1 Å². The van der Waals surface area contributed by atoms with Crippen LogP contribution in [0.5, 0.6) is 11.6 Å². The molecule has 0 amide bonds. The van der Waals surface area contributed by atoms with E-state index in [1.807, 2.05) is 0 Å². The van der Waals surface area contributed by atoms with Gasteiger partial charge in [0, 0.05) is 6.07 Å². The lowest BCUT2D eigenvalue weighted by molar-refractivity contribution is 0.140. The molecule has 3 rings (SSSR count). The molecular formula is C14H6ClF4N3O2. The Kier molecular flexibility index (Phi) is 4.34. The maximum Gasteiger partial charge on any atom is 0.283 e. The Morgan fingerprint density at radius 1 is 1.17 bits per heavy atom. The van der Waals surface area contributed by atoms with Gasteiger partial charge in [0.05, 0.1) is 5.56 Å². The number of benzene rings is 1. The number of halogens is 5. The molecule has 0 saturated carbocycles. The quantitative estimate of drug-likeness (QED) is 0.495. The molecule has 3 aromatic rings. The van der Waals surface area contributed by atoms with Gasteiger partial charge in [-0.2, -0.15) is 9.37 Å². The van der Waals surface area contributed by atoms with Crippen LogP contribution in [0.25, 0.3) is 11.3 Å². The molecule has 0 unspecified atom stereocenters. The van der Waals surface area contributed by atoms with Crippen LogP contribution in [0.15, 0.2) is 35.1 Å². The van der Waals surface area contributed by atoms with E-state index in [0.717, 1.165) is 18.5 Å². The van der Waals surface area contributed by atoms with Crippen LogP contribution in [0, 0.1) is 11.6 Å². The zero-order valence-corrected chi connectivity index (χ0v) is 12.3. The zero-order chi connectivity index (χ0) is 17.3. The molecule has 0 spiro atoms. The Morgan fingerprint density at radius 2 is 1.96 bits per heavy atom. The molecule has 0 aliphatic heterocycles. The number of alkyl halides is 2. The topological polar surface area (TPSA) is 61.0 Å². The molecule has 124 valence electrons. The van der Waals surface area contributed by atoms with E-state index in [9.17, 15) is 17.6 Å². The maximum absolute atomic E-state index is 14.1. The standard InChI is InChI=1S/C14H6ClF4N3O2/c15-12-11(17)14(21-5-20-12)23-8-3-1-2-6(16)10(8)9-4-7(13(18)19)22-24-9/h1-5,13H. The van der Waals surface area contributed by atoms with Crippen molar-refractivity contribution in [2.75, 3.05) is 0 Å². The molecule has 0 saturated heterocycles. The van der Waals surface area contributed by atoms with Gasteiger partial charge in [0.25, 0.3) is 12.3 Å². The summed E-state index contributed by atoms with van der Waals surface area (Å²) >= 11 is 5.51. The first-order valence-corrected chi connectivity index (χ1v) is 6.72. The molecule has 24 heavy (non-hydrogen) atoms. The average molecular weight is 360 g/mol. The van der Waals surface area contributed by atoms with Crippen molar-refractivity contribution in [2.45, 2.75) is 6.43 Å². The Hall–Kier alpha value is -2.68. The van der Waals surface area contributed by atoms with E-state index in [4.69, 9.17) is 20.9 Å². The van der Waals surface area contributed by atoms with Crippen molar-refractivity contribution in [1.29, 1.82) is 0 Å². The highest BCUT2D eigenvalue weighted by Gasteiger charge is 2.22. The monoisotopic (exact) mass is 359 g/mol. The Labute approximate surface area is 136 Å². The van der Waals surface area contributed by atoms with Crippen molar-refractivity contribution in [3.05, 3.63) is 53.1 Å². The minimum Gasteiger partial charge on any atom is -0.435 e. The fraction of sp³-hybridized carbons (Fsp3) is 0.0714. The van der Waals surface area contributed by atoms with Gasteiger partial charge in [0.1, 0.15) is 23.6 Å². The SMILES string of the molecule is Fc1cccc(Oc2ncnc(Cl)c2F)c1-c1cc(C(F)F)no1. The van der Waals surface area contributed by atoms with Crippen molar-refractivity contribution in [2.24, 2.45) is 0 Å². The van der Waals surface area contributed by atoms with Gasteiger partial charge in [-0.05, 0) is 12.1 Å². The molecule has 0 N–H and O–H groups in total. The smallest absolute Gasteiger partial charge is 0.283 e. The van der Waals surface area contributed by atoms with Crippen molar-refractivity contribution in [3.8, 4) is 23.0 Å². The molecular weight excluding hydrogens is 354 g/mol. The molecule has 10 heteroatoms. The first-order chi connectivity index (χ1) is 11.5. The van der Waals surface area contributed by atoms with Crippen molar-refractivity contribution < 1.29 is 26.8 Å². The predicted molar refractivity (Wildman–Crippen MR) is 73.9 cm³/mol. The molecule has 5 nitrogen and oxygen atoms in total. The molecule has 0 atom stereocenters. The van der Waals surface area contributed by atoms with Crippen LogP contribution >= 0.6 is 11.6 Å². The third-order valence-corrected chi connectivity index (χ3v) is 3.16. The first kappa shape index (κ1) is 16.2. The summed E-state index contributed by atoms with van der Waals surface area (Å²) in [5.41, 5.74) is -0.985. The molecule has 0 radical (unpaired) electrons. The Morgan fingerprint density at radius 3 is 2.67 bits per heavy atom. The third-order valence-electron chi connectivity index (χ3n) is 2.90. The van der Waals surface area contributed by atoms with E-state index >= 15 is 0 Å². The minimum atomic E-state index is -2.89. The number of hydrogen-bond acceptors (Lipinski definition) is 5. The fourth-order valence-corrected chi connectivity index (χ4v) is 1.97. The van der Waals surface area contributed by atoms with Crippen LogP contribution in [0.4, 0.5) is 17.6 Å². The van der Waals surface area contributed by atoms with Crippen molar-refractivity contribution >= 4 is 11.6 Å². The molecule has 0 fully saturated rings. The van der Waals surface area contributed by atoms with Gasteiger partial charge < -0.3 is 9.26 Å². The van der Waals surface area contributed by atoms with Gasteiger partial charge in [0.2, 0.25) is 5.82 Å². The van der Waals surface area contributed by atoms with Crippen LogP contribution in [0.1, 0.15) is 12.1 Å². The van der Waals surface area contributed by atoms with Gasteiger partial charge in [-0.15, -0.1) is 0 Å². The summed E-state index contributed by atoms with van der Waals surface area (Å²) in [6.07, 6.45) is -1.94. The summed E-state index contributed by atoms with van der Waals surface area (Å²) in [5, 5.41) is 2.66. The molecule has 2 heterocycles. The highest BCUT2D eigenvalue weighted by Crippen LogP contribution is 2.37. The normalized spacial score (nSPS) is 11.1. The van der Waals surface area contributed by atoms with Crippen LogP contribution in [-0.4, -0.2) is 15.1 Å². The number of ether oxygens (including phenoxy) is 1. The largest absolute Gasteiger partial charge is 0.435 e. The van der Waals surface area contributed by atoms with Gasteiger partial charge in [-0.25, -0.2) is 18.2 Å². The average Bonchev–Trinajstić information content (AvgIpc) is 3.02. The summed E-state index contributed by atoms with van der Waals surface area (Å²) < 4.78 is 63.1. The van der Waals surface area contributed by atoms with Gasteiger partial charge in [-0.3, -0.25) is 0 Å². The number of aromatic nitrogens is 3.